The van der Waals surface area contributed by atoms with Gasteiger partial charge in [0.1, 0.15) is 17.3 Å². The van der Waals surface area contributed by atoms with Gasteiger partial charge in [-0.3, -0.25) is 9.59 Å². The number of imidazole rings is 1. The van der Waals surface area contributed by atoms with Gasteiger partial charge in [0.25, 0.3) is 0 Å². The lowest BCUT2D eigenvalue weighted by molar-refractivity contribution is -0.150. The van der Waals surface area contributed by atoms with Gasteiger partial charge >= 0.3 is 6.18 Å². The Labute approximate surface area is 159 Å². The lowest BCUT2D eigenvalue weighted by atomic mass is 9.74. The molecule has 0 unspecified atom stereocenters. The number of hydrogen-bond donors (Lipinski definition) is 1. The highest BCUT2D eigenvalue weighted by molar-refractivity contribution is 6.07. The molecule has 1 aromatic carbocycles. The lowest BCUT2D eigenvalue weighted by Gasteiger charge is -2.33. The van der Waals surface area contributed by atoms with Gasteiger partial charge in [-0.2, -0.15) is 13.2 Å². The number of halogens is 3. The second kappa shape index (κ2) is 6.35. The molecule has 28 heavy (non-hydrogen) atoms. The molecule has 0 bridgehead atoms. The molecule has 2 aliphatic heterocycles. The van der Waals surface area contributed by atoms with E-state index in [1.54, 1.807) is 36.1 Å². The molecule has 1 fully saturated rings. The van der Waals surface area contributed by atoms with Gasteiger partial charge in [-0.15, -0.1) is 0 Å². The van der Waals surface area contributed by atoms with Crippen molar-refractivity contribution in [2.75, 3.05) is 11.9 Å². The summed E-state index contributed by atoms with van der Waals surface area (Å²) in [5.41, 5.74) is 0.347. The molecule has 9 heteroatoms. The Kier molecular flexibility index (Phi) is 4.20. The molecular weight excluding hydrogens is 373 g/mol. The number of carbonyl (C=O) groups is 2. The van der Waals surface area contributed by atoms with Gasteiger partial charge in [-0.25, -0.2) is 4.98 Å². The fraction of sp³-hybridized carbons (Fsp3) is 0.421. The average molecular weight is 392 g/mol. The minimum atomic E-state index is -4.41. The number of fused-ring (bicyclic) bond motifs is 2. The Morgan fingerprint density at radius 2 is 2.11 bits per heavy atom. The number of hydrogen-bond acceptors (Lipinski definition) is 3. The Balaban J connectivity index is 1.78. The number of nitrogens with zero attached hydrogens (tertiary/aromatic N) is 3. The van der Waals surface area contributed by atoms with Crippen LogP contribution >= 0.6 is 0 Å². The zero-order chi connectivity index (χ0) is 20.1. The SMILES string of the molecule is Cn1ccnc1[C@@H]1N(C(=O)CCC(F)(F)F)CC[C@]12C(=O)Nc1ccccc12. The summed E-state index contributed by atoms with van der Waals surface area (Å²) in [5, 5.41) is 2.86. The van der Waals surface area contributed by atoms with E-state index in [1.165, 1.54) is 4.90 Å². The normalized spacial score (nSPS) is 23.9. The van der Waals surface area contributed by atoms with E-state index in [0.717, 1.165) is 5.56 Å². The van der Waals surface area contributed by atoms with E-state index >= 15 is 0 Å². The Hall–Kier alpha value is -2.84. The van der Waals surface area contributed by atoms with Crippen LogP contribution in [-0.4, -0.2) is 39.0 Å². The van der Waals surface area contributed by atoms with Crippen LogP contribution in [0.4, 0.5) is 18.9 Å². The fourth-order valence-electron chi connectivity index (χ4n) is 4.35. The van der Waals surface area contributed by atoms with Crippen molar-refractivity contribution in [1.82, 2.24) is 14.5 Å². The third-order valence-electron chi connectivity index (χ3n) is 5.63. The van der Waals surface area contributed by atoms with Gasteiger partial charge in [-0.05, 0) is 18.1 Å². The number of amides is 2. The number of likely N-dealkylation sites (tertiary alicyclic amines) is 1. The molecule has 1 saturated heterocycles. The highest BCUT2D eigenvalue weighted by Crippen LogP contribution is 2.54. The number of carbonyl (C=O) groups excluding carboxylic acids is 2. The van der Waals surface area contributed by atoms with E-state index < -0.39 is 36.4 Å². The van der Waals surface area contributed by atoms with Crippen molar-refractivity contribution in [2.24, 2.45) is 7.05 Å². The predicted octanol–water partition coefficient (Wildman–Crippen LogP) is 2.93. The lowest BCUT2D eigenvalue weighted by Crippen LogP contribution is -2.43. The van der Waals surface area contributed by atoms with Crippen LogP contribution in [0.2, 0.25) is 0 Å². The number of para-hydroxylation sites is 1. The van der Waals surface area contributed by atoms with Crippen LogP contribution in [-0.2, 0) is 22.1 Å². The minimum absolute atomic E-state index is 0.190. The molecule has 0 saturated carbocycles. The molecule has 6 nitrogen and oxygen atoms in total. The van der Waals surface area contributed by atoms with Gasteiger partial charge in [0.15, 0.2) is 0 Å². The topological polar surface area (TPSA) is 67.2 Å². The van der Waals surface area contributed by atoms with Crippen LogP contribution < -0.4 is 5.32 Å². The summed E-state index contributed by atoms with van der Waals surface area (Å²) in [7, 11) is 1.74. The first-order valence-corrected chi connectivity index (χ1v) is 8.98. The Morgan fingerprint density at radius 1 is 1.36 bits per heavy atom. The number of alkyl halides is 3. The molecule has 2 atom stereocenters. The zero-order valence-electron chi connectivity index (χ0n) is 15.2. The van der Waals surface area contributed by atoms with E-state index in [2.05, 4.69) is 10.3 Å². The highest BCUT2D eigenvalue weighted by Gasteiger charge is 2.60. The molecule has 1 aromatic heterocycles. The largest absolute Gasteiger partial charge is 0.389 e. The maximum atomic E-state index is 13.1. The van der Waals surface area contributed by atoms with E-state index in [4.69, 9.17) is 0 Å². The molecule has 2 aromatic rings. The molecule has 1 N–H and O–H groups in total. The standard InChI is InChI=1S/C19H19F3N4O2/c1-25-11-9-23-16(25)15-18(12-4-2-3-5-13(12)24-17(18)28)8-10-26(15)14(27)6-7-19(20,21)22/h2-5,9,11,15H,6-8,10H2,1H3,(H,24,28)/t15-,18+/m0/s1. The van der Waals surface area contributed by atoms with Gasteiger partial charge in [0.05, 0.1) is 6.42 Å². The number of rotatable bonds is 3. The van der Waals surface area contributed by atoms with Gasteiger partial charge < -0.3 is 14.8 Å². The van der Waals surface area contributed by atoms with Crippen molar-refractivity contribution in [2.45, 2.75) is 36.9 Å². The van der Waals surface area contributed by atoms with Crippen LogP contribution in [0, 0.1) is 0 Å². The number of benzene rings is 1. The van der Waals surface area contributed by atoms with Crippen molar-refractivity contribution >= 4 is 17.5 Å². The molecule has 0 radical (unpaired) electrons. The second-order valence-corrected chi connectivity index (χ2v) is 7.22. The molecule has 4 rings (SSSR count). The smallest absolute Gasteiger partial charge is 0.336 e. The van der Waals surface area contributed by atoms with Crippen molar-refractivity contribution < 1.29 is 22.8 Å². The van der Waals surface area contributed by atoms with E-state index in [-0.39, 0.29) is 12.5 Å². The summed E-state index contributed by atoms with van der Waals surface area (Å²) in [6.45, 7) is 0.190. The minimum Gasteiger partial charge on any atom is -0.336 e. The molecule has 148 valence electrons. The number of anilines is 1. The molecule has 2 amide bonds. The van der Waals surface area contributed by atoms with E-state index in [9.17, 15) is 22.8 Å². The summed E-state index contributed by atoms with van der Waals surface area (Å²) in [6.07, 6.45) is -2.68. The maximum absolute atomic E-state index is 13.1. The van der Waals surface area contributed by atoms with Crippen LogP contribution in [0.5, 0.6) is 0 Å². The van der Waals surface area contributed by atoms with E-state index in [1.807, 2.05) is 12.1 Å². The predicted molar refractivity (Wildman–Crippen MR) is 94.3 cm³/mol. The first kappa shape index (κ1) is 18.5. The number of aromatic nitrogens is 2. The zero-order valence-corrected chi connectivity index (χ0v) is 15.2. The second-order valence-electron chi connectivity index (χ2n) is 7.22. The monoisotopic (exact) mass is 392 g/mol. The van der Waals surface area contributed by atoms with Crippen molar-refractivity contribution in [3.63, 3.8) is 0 Å². The number of nitrogens with one attached hydrogen (secondary N) is 1. The summed E-state index contributed by atoms with van der Waals surface area (Å²) < 4.78 is 39.6. The van der Waals surface area contributed by atoms with Crippen LogP contribution in [0.3, 0.4) is 0 Å². The Bertz CT molecular complexity index is 939. The van der Waals surface area contributed by atoms with Crippen molar-refractivity contribution in [3.8, 4) is 0 Å². The van der Waals surface area contributed by atoms with Gasteiger partial charge in [0, 0.05) is 38.1 Å². The first-order chi connectivity index (χ1) is 13.2. The first-order valence-electron chi connectivity index (χ1n) is 8.98. The molecule has 2 aliphatic rings. The van der Waals surface area contributed by atoms with Crippen LogP contribution in [0.15, 0.2) is 36.7 Å². The number of aryl methyl sites for hydroxylation is 1. The van der Waals surface area contributed by atoms with Crippen molar-refractivity contribution in [1.29, 1.82) is 0 Å². The molecule has 1 spiro atoms. The summed E-state index contributed by atoms with van der Waals surface area (Å²) in [6, 6.07) is 6.45. The van der Waals surface area contributed by atoms with Crippen LogP contribution in [0.25, 0.3) is 0 Å². The summed E-state index contributed by atoms with van der Waals surface area (Å²) in [5.74, 6) is -0.406. The van der Waals surface area contributed by atoms with Gasteiger partial charge in [0.2, 0.25) is 11.8 Å². The molecule has 3 heterocycles. The van der Waals surface area contributed by atoms with Crippen molar-refractivity contribution in [3.05, 3.63) is 48.0 Å². The maximum Gasteiger partial charge on any atom is 0.389 e. The third-order valence-corrected chi connectivity index (χ3v) is 5.63. The average Bonchev–Trinajstić information content (AvgIpc) is 3.30. The molecule has 0 aliphatic carbocycles. The summed E-state index contributed by atoms with van der Waals surface area (Å²) in [4.78, 5) is 31.5. The van der Waals surface area contributed by atoms with E-state index in [0.29, 0.717) is 17.9 Å². The summed E-state index contributed by atoms with van der Waals surface area (Å²) >= 11 is 0. The van der Waals surface area contributed by atoms with Crippen LogP contribution in [0.1, 0.15) is 36.7 Å². The fourth-order valence-corrected chi connectivity index (χ4v) is 4.35. The Morgan fingerprint density at radius 3 is 2.79 bits per heavy atom. The highest BCUT2D eigenvalue weighted by atomic mass is 19.4. The molecular formula is C19H19F3N4O2. The van der Waals surface area contributed by atoms with Gasteiger partial charge in [-0.1, -0.05) is 18.2 Å². The quantitative estimate of drug-likeness (QED) is 0.874. The third kappa shape index (κ3) is 2.76.